The molecule has 0 saturated carbocycles. The van der Waals surface area contributed by atoms with Crippen LogP contribution in [-0.2, 0) is 0 Å². The number of hydrogen-bond donors (Lipinski definition) is 5. The topological polar surface area (TPSA) is 158 Å². The molecular weight excluding hydrogens is 442 g/mol. The molecule has 0 fully saturated rings. The first kappa shape index (κ1) is 22.1. The standard InChI is InChI=1S/C18H18ClN9O2S/c1-9(17-23-7-11(31-17)15(29)28-18(20)21-2)26-16(30)13-12(19)14(25-8-24-13)27-10-3-5-22-6-4-10/h3-9H,1-2H3,(H,26,30)(H3,20,21,28,29)(H,22,24,25,27). The zero-order valence-corrected chi connectivity index (χ0v) is 18.0. The van der Waals surface area contributed by atoms with Crippen molar-refractivity contribution in [2.24, 2.45) is 0 Å². The van der Waals surface area contributed by atoms with Gasteiger partial charge in [-0.2, -0.15) is 0 Å². The van der Waals surface area contributed by atoms with E-state index >= 15 is 0 Å². The Morgan fingerprint density at radius 1 is 1.16 bits per heavy atom. The molecule has 0 aromatic carbocycles. The molecule has 5 N–H and O–H groups in total. The van der Waals surface area contributed by atoms with Crippen molar-refractivity contribution in [2.75, 3.05) is 12.4 Å². The number of carbonyl (C=O) groups is 2. The van der Waals surface area contributed by atoms with Crippen LogP contribution in [0.4, 0.5) is 11.5 Å². The molecule has 160 valence electrons. The molecule has 13 heteroatoms. The van der Waals surface area contributed by atoms with E-state index in [1.54, 1.807) is 31.5 Å². The van der Waals surface area contributed by atoms with Crippen LogP contribution < -0.4 is 21.3 Å². The van der Waals surface area contributed by atoms with Gasteiger partial charge in [0.25, 0.3) is 11.8 Å². The van der Waals surface area contributed by atoms with Gasteiger partial charge < -0.3 is 16.0 Å². The molecule has 3 heterocycles. The lowest BCUT2D eigenvalue weighted by atomic mass is 10.3. The van der Waals surface area contributed by atoms with Gasteiger partial charge in [-0.25, -0.2) is 15.0 Å². The van der Waals surface area contributed by atoms with E-state index in [1.165, 1.54) is 19.6 Å². The molecular formula is C18H18ClN9O2S. The smallest absolute Gasteiger partial charge is 0.272 e. The van der Waals surface area contributed by atoms with Crippen molar-refractivity contribution in [2.45, 2.75) is 13.0 Å². The number of nitrogens with one attached hydrogen (secondary N) is 5. The summed E-state index contributed by atoms with van der Waals surface area (Å²) in [4.78, 5) is 41.3. The average molecular weight is 460 g/mol. The van der Waals surface area contributed by atoms with Gasteiger partial charge in [0.1, 0.15) is 21.2 Å². The van der Waals surface area contributed by atoms with E-state index in [9.17, 15) is 9.59 Å². The van der Waals surface area contributed by atoms with E-state index in [-0.39, 0.29) is 22.5 Å². The quantitative estimate of drug-likeness (QED) is 0.277. The summed E-state index contributed by atoms with van der Waals surface area (Å²) in [6.45, 7) is 1.72. The van der Waals surface area contributed by atoms with Gasteiger partial charge in [0, 0.05) is 25.1 Å². The van der Waals surface area contributed by atoms with E-state index in [2.05, 4.69) is 41.2 Å². The van der Waals surface area contributed by atoms with Crippen molar-refractivity contribution in [1.29, 1.82) is 5.41 Å². The third-order valence-electron chi connectivity index (χ3n) is 3.90. The fraction of sp³-hybridized carbons (Fsp3) is 0.167. The maximum atomic E-state index is 12.7. The molecule has 11 nitrogen and oxygen atoms in total. The lowest BCUT2D eigenvalue weighted by molar-refractivity contribution is 0.0933. The van der Waals surface area contributed by atoms with E-state index in [0.717, 1.165) is 11.3 Å². The maximum Gasteiger partial charge on any atom is 0.272 e. The molecule has 0 aliphatic rings. The van der Waals surface area contributed by atoms with Crippen molar-refractivity contribution in [3.8, 4) is 0 Å². The van der Waals surface area contributed by atoms with Gasteiger partial charge in [0.2, 0.25) is 0 Å². The molecule has 31 heavy (non-hydrogen) atoms. The van der Waals surface area contributed by atoms with Crippen LogP contribution in [0, 0.1) is 5.41 Å². The van der Waals surface area contributed by atoms with Crippen LogP contribution >= 0.6 is 22.9 Å². The number of hydrogen-bond acceptors (Lipinski definition) is 9. The van der Waals surface area contributed by atoms with Crippen LogP contribution in [0.2, 0.25) is 5.02 Å². The Kier molecular flexibility index (Phi) is 7.05. The summed E-state index contributed by atoms with van der Waals surface area (Å²) in [5.74, 6) is -0.833. The van der Waals surface area contributed by atoms with Crippen LogP contribution in [0.5, 0.6) is 0 Å². The maximum absolute atomic E-state index is 12.7. The summed E-state index contributed by atoms with van der Waals surface area (Å²) in [7, 11) is 1.52. The van der Waals surface area contributed by atoms with Crippen molar-refractivity contribution in [1.82, 2.24) is 35.9 Å². The average Bonchev–Trinajstić information content (AvgIpc) is 3.26. The highest BCUT2D eigenvalue weighted by atomic mass is 35.5. The SMILES string of the molecule is CNC(=N)NC(=O)c1cnc(C(C)NC(=O)c2ncnc(Nc3ccncc3)c2Cl)s1. The second kappa shape index (κ2) is 9.91. The Morgan fingerprint density at radius 3 is 2.61 bits per heavy atom. The Hall–Kier alpha value is -3.64. The second-order valence-electron chi connectivity index (χ2n) is 6.08. The fourth-order valence-electron chi connectivity index (χ4n) is 2.34. The number of pyridine rings is 1. The highest BCUT2D eigenvalue weighted by molar-refractivity contribution is 7.13. The van der Waals surface area contributed by atoms with Crippen LogP contribution in [0.25, 0.3) is 0 Å². The van der Waals surface area contributed by atoms with Gasteiger partial charge >= 0.3 is 0 Å². The van der Waals surface area contributed by atoms with Crippen molar-refractivity contribution in [3.63, 3.8) is 0 Å². The lowest BCUT2D eigenvalue weighted by Crippen LogP contribution is -2.37. The molecule has 2 amide bonds. The molecule has 0 aliphatic heterocycles. The van der Waals surface area contributed by atoms with Gasteiger partial charge in [-0.05, 0) is 19.1 Å². The Labute approximate surface area is 186 Å². The number of aromatic nitrogens is 4. The van der Waals surface area contributed by atoms with Crippen molar-refractivity contribution >= 4 is 52.2 Å². The first-order valence-electron chi connectivity index (χ1n) is 8.90. The zero-order valence-electron chi connectivity index (χ0n) is 16.4. The van der Waals surface area contributed by atoms with E-state index in [0.29, 0.717) is 15.6 Å². The van der Waals surface area contributed by atoms with Crippen molar-refractivity contribution in [3.05, 3.63) is 57.7 Å². The van der Waals surface area contributed by atoms with Crippen LogP contribution in [0.15, 0.2) is 37.1 Å². The van der Waals surface area contributed by atoms with Gasteiger partial charge in [0.15, 0.2) is 17.5 Å². The zero-order chi connectivity index (χ0) is 22.4. The minimum atomic E-state index is -0.518. The monoisotopic (exact) mass is 459 g/mol. The number of anilines is 2. The molecule has 3 rings (SSSR count). The molecule has 0 aliphatic carbocycles. The lowest BCUT2D eigenvalue weighted by Gasteiger charge is -2.13. The number of guanidine groups is 1. The molecule has 0 saturated heterocycles. The molecule has 3 aromatic heterocycles. The van der Waals surface area contributed by atoms with Gasteiger partial charge in [-0.1, -0.05) is 11.6 Å². The fourth-order valence-corrected chi connectivity index (χ4v) is 3.39. The summed E-state index contributed by atoms with van der Waals surface area (Å²) in [5, 5.41) is 18.7. The summed E-state index contributed by atoms with van der Waals surface area (Å²) in [6.07, 6.45) is 5.83. The molecule has 0 spiro atoms. The predicted molar refractivity (Wildman–Crippen MR) is 117 cm³/mol. The summed E-state index contributed by atoms with van der Waals surface area (Å²) in [6, 6.07) is 2.95. The minimum absolute atomic E-state index is 0.00272. The minimum Gasteiger partial charge on any atom is -0.359 e. The third kappa shape index (κ3) is 5.49. The van der Waals surface area contributed by atoms with Crippen molar-refractivity contribution < 1.29 is 9.59 Å². The molecule has 1 unspecified atom stereocenters. The van der Waals surface area contributed by atoms with E-state index in [1.807, 2.05) is 0 Å². The molecule has 3 aromatic rings. The molecule has 0 radical (unpaired) electrons. The number of halogens is 1. The summed E-state index contributed by atoms with van der Waals surface area (Å²) < 4.78 is 0. The van der Waals surface area contributed by atoms with Crippen LogP contribution in [0.3, 0.4) is 0 Å². The van der Waals surface area contributed by atoms with E-state index in [4.69, 9.17) is 17.0 Å². The number of thiazole rings is 1. The Balaban J connectivity index is 1.69. The number of amides is 2. The second-order valence-corrected chi connectivity index (χ2v) is 7.52. The molecule has 1 atom stereocenters. The van der Waals surface area contributed by atoms with Crippen LogP contribution in [0.1, 0.15) is 38.1 Å². The molecule has 0 bridgehead atoms. The highest BCUT2D eigenvalue weighted by Gasteiger charge is 2.21. The summed E-state index contributed by atoms with van der Waals surface area (Å²) >= 11 is 7.44. The largest absolute Gasteiger partial charge is 0.359 e. The van der Waals surface area contributed by atoms with Gasteiger partial charge in [-0.3, -0.25) is 25.3 Å². The summed E-state index contributed by atoms with van der Waals surface area (Å²) in [5.41, 5.74) is 0.701. The predicted octanol–water partition coefficient (Wildman–Crippen LogP) is 2.10. The number of nitrogens with zero attached hydrogens (tertiary/aromatic N) is 4. The Bertz CT molecular complexity index is 1110. The normalized spacial score (nSPS) is 11.3. The van der Waals surface area contributed by atoms with E-state index < -0.39 is 17.9 Å². The third-order valence-corrected chi connectivity index (χ3v) is 5.44. The number of carbonyl (C=O) groups excluding carboxylic acids is 2. The first-order valence-corrected chi connectivity index (χ1v) is 10.1. The van der Waals surface area contributed by atoms with Gasteiger partial charge in [-0.15, -0.1) is 11.3 Å². The Morgan fingerprint density at radius 2 is 1.90 bits per heavy atom. The van der Waals surface area contributed by atoms with Crippen LogP contribution in [-0.4, -0.2) is 44.8 Å². The first-order chi connectivity index (χ1) is 14.9. The highest BCUT2D eigenvalue weighted by Crippen LogP contribution is 2.26. The van der Waals surface area contributed by atoms with Gasteiger partial charge in [0.05, 0.1) is 12.2 Å². The number of rotatable bonds is 6.